The highest BCUT2D eigenvalue weighted by Gasteiger charge is 2.24. The van der Waals surface area contributed by atoms with Gasteiger partial charge in [-0.3, -0.25) is 9.79 Å². The third-order valence-corrected chi connectivity index (χ3v) is 4.30. The Kier molecular flexibility index (Phi) is 5.75. The van der Waals surface area contributed by atoms with Crippen molar-refractivity contribution in [1.82, 2.24) is 0 Å². The quantitative estimate of drug-likeness (QED) is 0.868. The number of aliphatic imine (C=N–C) groups is 1. The Hall–Kier alpha value is -2.10. The molecule has 4 heteroatoms. The Morgan fingerprint density at radius 2 is 2.05 bits per heavy atom. The summed E-state index contributed by atoms with van der Waals surface area (Å²) in [5.74, 6) is 0.392. The Bertz CT molecular complexity index is 571. The van der Waals surface area contributed by atoms with Gasteiger partial charge in [-0.25, -0.2) is 0 Å². The molecule has 1 aliphatic rings. The molecule has 0 unspecified atom stereocenters. The van der Waals surface area contributed by atoms with Crippen molar-refractivity contribution in [3.8, 4) is 0 Å². The van der Waals surface area contributed by atoms with E-state index in [2.05, 4.69) is 4.99 Å². The first-order valence-electron chi connectivity index (χ1n) is 7.89. The van der Waals surface area contributed by atoms with Crippen molar-refractivity contribution in [3.63, 3.8) is 0 Å². The molecular formula is C18H25N3O. The molecule has 2 N–H and O–H groups in total. The van der Waals surface area contributed by atoms with Gasteiger partial charge in [-0.2, -0.15) is 0 Å². The van der Waals surface area contributed by atoms with E-state index in [1.54, 1.807) is 18.2 Å². The molecule has 22 heavy (non-hydrogen) atoms. The summed E-state index contributed by atoms with van der Waals surface area (Å²) in [5.41, 5.74) is 8.38. The van der Waals surface area contributed by atoms with E-state index in [0.717, 1.165) is 42.5 Å². The highest BCUT2D eigenvalue weighted by Crippen LogP contribution is 2.27. The van der Waals surface area contributed by atoms with E-state index in [0.29, 0.717) is 0 Å². The van der Waals surface area contributed by atoms with Gasteiger partial charge in [-0.05, 0) is 30.5 Å². The largest absolute Gasteiger partial charge is 0.404 e. The number of nitrogens with two attached hydrogens (primary N) is 1. The van der Waals surface area contributed by atoms with Gasteiger partial charge >= 0.3 is 0 Å². The Morgan fingerprint density at radius 1 is 1.32 bits per heavy atom. The lowest BCUT2D eigenvalue weighted by Gasteiger charge is -2.26. The van der Waals surface area contributed by atoms with E-state index in [4.69, 9.17) is 5.73 Å². The van der Waals surface area contributed by atoms with Gasteiger partial charge in [-0.1, -0.05) is 31.4 Å². The van der Waals surface area contributed by atoms with Crippen molar-refractivity contribution in [2.24, 2.45) is 16.6 Å². The molecule has 0 aliphatic heterocycles. The van der Waals surface area contributed by atoms with Gasteiger partial charge in [0.05, 0.1) is 0 Å². The van der Waals surface area contributed by atoms with E-state index < -0.39 is 0 Å². The number of rotatable bonds is 4. The highest BCUT2D eigenvalue weighted by atomic mass is 16.2. The number of benzene rings is 1. The molecule has 1 aromatic rings. The van der Waals surface area contributed by atoms with E-state index in [1.807, 2.05) is 31.3 Å². The van der Waals surface area contributed by atoms with Crippen LogP contribution in [0.4, 0.5) is 5.69 Å². The zero-order chi connectivity index (χ0) is 15.9. The summed E-state index contributed by atoms with van der Waals surface area (Å²) >= 11 is 0. The molecule has 0 spiro atoms. The average molecular weight is 299 g/mol. The van der Waals surface area contributed by atoms with Crippen LogP contribution in [0, 0.1) is 5.92 Å². The molecule has 0 saturated heterocycles. The molecule has 1 saturated carbocycles. The fraction of sp³-hybridized carbons (Fsp3) is 0.444. The van der Waals surface area contributed by atoms with Gasteiger partial charge in [0.1, 0.15) is 0 Å². The standard InChI is InChI=1S/C18H25N3O/c1-20-13-16(12-19)15-9-6-10-17(11-15)21(2)18(22)14-7-4-3-5-8-14/h6,9-14H,3-5,7-8,19H2,1-2H3/b16-12+,20-13?. The molecule has 0 heterocycles. The Balaban J connectivity index is 2.19. The topological polar surface area (TPSA) is 58.7 Å². The van der Waals surface area contributed by atoms with Crippen LogP contribution in [0.2, 0.25) is 0 Å². The molecule has 1 aromatic carbocycles. The Labute approximate surface area is 132 Å². The molecule has 1 aliphatic carbocycles. The van der Waals surface area contributed by atoms with Crippen molar-refractivity contribution < 1.29 is 4.79 Å². The van der Waals surface area contributed by atoms with Gasteiger partial charge in [0.2, 0.25) is 5.91 Å². The maximum atomic E-state index is 12.6. The molecule has 0 aromatic heterocycles. The summed E-state index contributed by atoms with van der Waals surface area (Å²) in [6.07, 6.45) is 8.87. The number of hydrogen-bond donors (Lipinski definition) is 1. The van der Waals surface area contributed by atoms with E-state index >= 15 is 0 Å². The summed E-state index contributed by atoms with van der Waals surface area (Å²) in [5, 5.41) is 0. The number of hydrogen-bond acceptors (Lipinski definition) is 3. The first-order valence-corrected chi connectivity index (χ1v) is 7.89. The zero-order valence-electron chi connectivity index (χ0n) is 13.5. The second-order valence-electron chi connectivity index (χ2n) is 5.79. The summed E-state index contributed by atoms with van der Waals surface area (Å²) in [4.78, 5) is 18.4. The normalized spacial score (nSPS) is 16.9. The van der Waals surface area contributed by atoms with Crippen LogP contribution in [0.15, 0.2) is 35.5 Å². The Morgan fingerprint density at radius 3 is 2.68 bits per heavy atom. The van der Waals surface area contributed by atoms with Crippen LogP contribution in [-0.2, 0) is 4.79 Å². The predicted octanol–water partition coefficient (Wildman–Crippen LogP) is 3.23. The van der Waals surface area contributed by atoms with Crippen LogP contribution >= 0.6 is 0 Å². The number of allylic oxidation sites excluding steroid dienone is 1. The van der Waals surface area contributed by atoms with Gasteiger partial charge in [0.15, 0.2) is 0 Å². The lowest BCUT2D eigenvalue weighted by Crippen LogP contribution is -2.33. The van der Waals surface area contributed by atoms with Gasteiger partial charge < -0.3 is 10.6 Å². The number of nitrogens with zero attached hydrogens (tertiary/aromatic N) is 2. The summed E-state index contributed by atoms with van der Waals surface area (Å²) in [6.45, 7) is 0. The third kappa shape index (κ3) is 3.75. The molecule has 1 amide bonds. The van der Waals surface area contributed by atoms with Crippen molar-refractivity contribution in [1.29, 1.82) is 0 Å². The number of anilines is 1. The highest BCUT2D eigenvalue weighted by molar-refractivity contribution is 6.10. The summed E-state index contributed by atoms with van der Waals surface area (Å²) in [6, 6.07) is 7.87. The molecule has 2 rings (SSSR count). The van der Waals surface area contributed by atoms with Crippen LogP contribution in [0.3, 0.4) is 0 Å². The number of amides is 1. The third-order valence-electron chi connectivity index (χ3n) is 4.30. The SMILES string of the molecule is CN=C/C(=C\N)c1cccc(N(C)C(=O)C2CCCCC2)c1. The molecule has 1 fully saturated rings. The van der Waals surface area contributed by atoms with Crippen molar-refractivity contribution in [2.75, 3.05) is 19.0 Å². The molecule has 4 nitrogen and oxygen atoms in total. The number of carbonyl (C=O) groups excluding carboxylic acids is 1. The molecule has 0 atom stereocenters. The fourth-order valence-electron chi connectivity index (χ4n) is 3.00. The fourth-order valence-corrected chi connectivity index (χ4v) is 3.00. The van der Waals surface area contributed by atoms with Crippen LogP contribution in [0.25, 0.3) is 5.57 Å². The van der Waals surface area contributed by atoms with Crippen LogP contribution < -0.4 is 10.6 Å². The smallest absolute Gasteiger partial charge is 0.229 e. The zero-order valence-corrected chi connectivity index (χ0v) is 13.5. The summed E-state index contributed by atoms with van der Waals surface area (Å²) < 4.78 is 0. The van der Waals surface area contributed by atoms with E-state index in [9.17, 15) is 4.79 Å². The second kappa shape index (κ2) is 7.78. The predicted molar refractivity (Wildman–Crippen MR) is 93.0 cm³/mol. The lowest BCUT2D eigenvalue weighted by molar-refractivity contribution is -0.123. The molecule has 0 bridgehead atoms. The average Bonchev–Trinajstić information content (AvgIpc) is 2.59. The minimum absolute atomic E-state index is 0.170. The number of carbonyl (C=O) groups is 1. The van der Waals surface area contributed by atoms with Crippen molar-refractivity contribution in [2.45, 2.75) is 32.1 Å². The van der Waals surface area contributed by atoms with Gasteiger partial charge in [-0.15, -0.1) is 0 Å². The maximum absolute atomic E-state index is 12.6. The minimum atomic E-state index is 0.170. The molecule has 0 radical (unpaired) electrons. The first-order chi connectivity index (χ1) is 10.7. The summed E-state index contributed by atoms with van der Waals surface area (Å²) in [7, 11) is 3.57. The van der Waals surface area contributed by atoms with Crippen molar-refractivity contribution >= 4 is 23.4 Å². The van der Waals surface area contributed by atoms with Crippen LogP contribution in [0.5, 0.6) is 0 Å². The van der Waals surface area contributed by atoms with Crippen LogP contribution in [-0.4, -0.2) is 26.2 Å². The van der Waals surface area contributed by atoms with Crippen LogP contribution in [0.1, 0.15) is 37.7 Å². The maximum Gasteiger partial charge on any atom is 0.229 e. The molecular weight excluding hydrogens is 274 g/mol. The van der Waals surface area contributed by atoms with Crippen molar-refractivity contribution in [3.05, 3.63) is 36.0 Å². The van der Waals surface area contributed by atoms with Gasteiger partial charge in [0, 0.05) is 43.7 Å². The monoisotopic (exact) mass is 299 g/mol. The minimum Gasteiger partial charge on any atom is -0.404 e. The lowest BCUT2D eigenvalue weighted by atomic mass is 9.88. The van der Waals surface area contributed by atoms with Gasteiger partial charge in [0.25, 0.3) is 0 Å². The second-order valence-corrected chi connectivity index (χ2v) is 5.79. The van der Waals surface area contributed by atoms with E-state index in [1.165, 1.54) is 12.6 Å². The molecule has 118 valence electrons. The first kappa shape index (κ1) is 16.3. The van der Waals surface area contributed by atoms with E-state index in [-0.39, 0.29) is 11.8 Å².